The summed E-state index contributed by atoms with van der Waals surface area (Å²) in [6.45, 7) is -0.121. The zero-order valence-corrected chi connectivity index (χ0v) is 19.3. The number of hydrogen-bond donors (Lipinski definition) is 3. The maximum atomic E-state index is 12.3. The molecule has 2 amide bonds. The second-order valence-electron chi connectivity index (χ2n) is 6.75. The molecule has 0 spiro atoms. The summed E-state index contributed by atoms with van der Waals surface area (Å²) in [5, 5.41) is 15.9. The average Bonchev–Trinajstić information content (AvgIpc) is 3.16. The lowest BCUT2D eigenvalue weighted by molar-refractivity contribution is -0.116. The zero-order valence-electron chi connectivity index (χ0n) is 17.0. The van der Waals surface area contributed by atoms with Gasteiger partial charge in [-0.1, -0.05) is 46.9 Å². The lowest BCUT2D eigenvalue weighted by Gasteiger charge is -2.15. The Bertz CT molecular complexity index is 1170. The summed E-state index contributed by atoms with van der Waals surface area (Å²) in [6, 6.07) is 13.7. The summed E-state index contributed by atoms with van der Waals surface area (Å²) in [7, 11) is 1.57. The molecule has 6 nitrogen and oxygen atoms in total. The molecule has 32 heavy (non-hydrogen) atoms. The fraction of sp³-hybridized carbons (Fsp3) is 0.130. The number of rotatable bonds is 7. The minimum atomic E-state index is -0.314. The van der Waals surface area contributed by atoms with Crippen molar-refractivity contribution in [1.82, 2.24) is 15.2 Å². The Morgan fingerprint density at radius 1 is 1.03 bits per heavy atom. The molecular formula is C23H20Cl3N3O3. The van der Waals surface area contributed by atoms with E-state index in [1.807, 2.05) is 0 Å². The molecule has 2 aromatic carbocycles. The van der Waals surface area contributed by atoms with E-state index in [4.69, 9.17) is 34.8 Å². The first-order valence-corrected chi connectivity index (χ1v) is 10.7. The van der Waals surface area contributed by atoms with E-state index in [0.29, 0.717) is 32.7 Å². The summed E-state index contributed by atoms with van der Waals surface area (Å²) in [5.41, 5.74) is 2.96. The first-order chi connectivity index (χ1) is 15.3. The lowest BCUT2D eigenvalue weighted by Crippen LogP contribution is -2.22. The molecule has 3 aromatic rings. The number of halogens is 3. The molecule has 0 aliphatic carbocycles. The molecule has 3 rings (SSSR count). The number of nitrogens with zero attached hydrogens (tertiary/aromatic N) is 1. The maximum Gasteiger partial charge on any atom is 0.251 e. The van der Waals surface area contributed by atoms with Gasteiger partial charge in [0.15, 0.2) is 0 Å². The minimum Gasteiger partial charge on any atom is -0.392 e. The van der Waals surface area contributed by atoms with Crippen LogP contribution >= 0.6 is 34.8 Å². The maximum absolute atomic E-state index is 12.3. The average molecular weight is 493 g/mol. The summed E-state index contributed by atoms with van der Waals surface area (Å²) in [5.74, 6) is -0.477. The highest BCUT2D eigenvalue weighted by Gasteiger charge is 2.16. The normalized spacial score (nSPS) is 11.0. The standard InChI is InChI=1S/C23H20Cl3N3O3/c1-27-23(32)15-5-2-14(3-6-15)4-11-21(31)28-12-16-7-10-20(25)29(16)19-9-8-18(24)17(13-30)22(19)26/h2-11,30H,12-13H2,1H3,(H,27,32)(H,28,31)/b11-4+. The van der Waals surface area contributed by atoms with Crippen LogP contribution in [0.2, 0.25) is 15.2 Å². The van der Waals surface area contributed by atoms with Crippen molar-refractivity contribution in [1.29, 1.82) is 0 Å². The summed E-state index contributed by atoms with van der Waals surface area (Å²) in [4.78, 5) is 23.9. The number of aliphatic hydroxyl groups excluding tert-OH is 1. The summed E-state index contributed by atoms with van der Waals surface area (Å²) >= 11 is 18.9. The van der Waals surface area contributed by atoms with Crippen LogP contribution in [-0.4, -0.2) is 28.5 Å². The van der Waals surface area contributed by atoms with Gasteiger partial charge in [0.05, 0.1) is 23.9 Å². The fourth-order valence-electron chi connectivity index (χ4n) is 3.06. The van der Waals surface area contributed by atoms with Gasteiger partial charge in [0.25, 0.3) is 5.91 Å². The monoisotopic (exact) mass is 491 g/mol. The van der Waals surface area contributed by atoms with Crippen molar-refractivity contribution < 1.29 is 14.7 Å². The Labute approximate surface area is 200 Å². The van der Waals surface area contributed by atoms with Gasteiger partial charge in [0.1, 0.15) is 5.15 Å². The zero-order chi connectivity index (χ0) is 23.3. The second-order valence-corrected chi connectivity index (χ2v) is 7.92. The van der Waals surface area contributed by atoms with Crippen molar-refractivity contribution in [2.75, 3.05) is 7.05 Å². The van der Waals surface area contributed by atoms with Crippen LogP contribution in [-0.2, 0) is 17.9 Å². The smallest absolute Gasteiger partial charge is 0.251 e. The van der Waals surface area contributed by atoms with Crippen molar-refractivity contribution >= 4 is 52.7 Å². The van der Waals surface area contributed by atoms with E-state index in [0.717, 1.165) is 5.56 Å². The molecule has 0 bridgehead atoms. The van der Waals surface area contributed by atoms with E-state index in [-0.39, 0.29) is 30.0 Å². The van der Waals surface area contributed by atoms with Gasteiger partial charge in [-0.3, -0.25) is 9.59 Å². The van der Waals surface area contributed by atoms with Crippen LogP contribution in [0.3, 0.4) is 0 Å². The molecule has 0 unspecified atom stereocenters. The molecule has 0 aliphatic rings. The van der Waals surface area contributed by atoms with Crippen molar-refractivity contribution in [3.05, 3.63) is 92.2 Å². The summed E-state index contributed by atoms with van der Waals surface area (Å²) in [6.07, 6.45) is 3.06. The number of amides is 2. The molecule has 3 N–H and O–H groups in total. The Hall–Kier alpha value is -2.77. The van der Waals surface area contributed by atoms with Crippen LogP contribution in [0.4, 0.5) is 0 Å². The van der Waals surface area contributed by atoms with Gasteiger partial charge in [0.2, 0.25) is 5.91 Å². The SMILES string of the molecule is CNC(=O)c1ccc(/C=C/C(=O)NCc2ccc(Cl)n2-c2ccc(Cl)c(CO)c2Cl)cc1. The Morgan fingerprint density at radius 2 is 1.75 bits per heavy atom. The minimum absolute atomic E-state index is 0.174. The van der Waals surface area contributed by atoms with Crippen molar-refractivity contribution in [2.24, 2.45) is 0 Å². The van der Waals surface area contributed by atoms with Crippen molar-refractivity contribution in [3.63, 3.8) is 0 Å². The number of carbonyl (C=O) groups is 2. The van der Waals surface area contributed by atoms with Crippen molar-refractivity contribution in [3.8, 4) is 5.69 Å². The predicted molar refractivity (Wildman–Crippen MR) is 127 cm³/mol. The van der Waals surface area contributed by atoms with Crippen LogP contribution in [0.1, 0.15) is 27.2 Å². The Balaban J connectivity index is 1.71. The van der Waals surface area contributed by atoms with Crippen LogP contribution in [0.15, 0.2) is 54.6 Å². The highest BCUT2D eigenvalue weighted by Crippen LogP contribution is 2.33. The Kier molecular flexibility index (Phi) is 7.99. The predicted octanol–water partition coefficient (Wildman–Crippen LogP) is 4.62. The highest BCUT2D eigenvalue weighted by atomic mass is 35.5. The largest absolute Gasteiger partial charge is 0.392 e. The number of hydrogen-bond acceptors (Lipinski definition) is 3. The third kappa shape index (κ3) is 5.34. The number of aromatic nitrogens is 1. The van der Waals surface area contributed by atoms with Gasteiger partial charge in [-0.2, -0.15) is 0 Å². The topological polar surface area (TPSA) is 83.4 Å². The lowest BCUT2D eigenvalue weighted by atomic mass is 10.1. The Morgan fingerprint density at radius 3 is 2.41 bits per heavy atom. The van der Waals surface area contributed by atoms with Crippen LogP contribution in [0, 0.1) is 0 Å². The van der Waals surface area contributed by atoms with Gasteiger partial charge in [-0.25, -0.2) is 0 Å². The van der Waals surface area contributed by atoms with Gasteiger partial charge >= 0.3 is 0 Å². The number of benzene rings is 2. The van der Waals surface area contributed by atoms with E-state index >= 15 is 0 Å². The molecule has 0 radical (unpaired) electrons. The molecule has 0 saturated carbocycles. The molecule has 0 atom stereocenters. The number of aliphatic hydroxyl groups is 1. The first kappa shape index (κ1) is 23.9. The molecule has 0 aliphatic heterocycles. The molecule has 1 aromatic heterocycles. The third-order valence-corrected chi connectivity index (χ3v) is 5.82. The van der Waals surface area contributed by atoms with E-state index < -0.39 is 0 Å². The van der Waals surface area contributed by atoms with E-state index in [1.165, 1.54) is 6.08 Å². The highest BCUT2D eigenvalue weighted by molar-refractivity contribution is 6.37. The van der Waals surface area contributed by atoms with E-state index in [9.17, 15) is 14.7 Å². The molecule has 1 heterocycles. The van der Waals surface area contributed by atoms with Crippen LogP contribution in [0.5, 0.6) is 0 Å². The van der Waals surface area contributed by atoms with Crippen LogP contribution in [0.25, 0.3) is 11.8 Å². The number of carbonyl (C=O) groups excluding carboxylic acids is 2. The molecular weight excluding hydrogens is 473 g/mol. The fourth-order valence-corrected chi connectivity index (χ4v) is 3.90. The van der Waals surface area contributed by atoms with Crippen molar-refractivity contribution in [2.45, 2.75) is 13.2 Å². The summed E-state index contributed by atoms with van der Waals surface area (Å²) < 4.78 is 1.68. The first-order valence-electron chi connectivity index (χ1n) is 9.58. The molecule has 166 valence electrons. The third-order valence-electron chi connectivity index (χ3n) is 4.75. The van der Waals surface area contributed by atoms with E-state index in [2.05, 4.69) is 10.6 Å². The second kappa shape index (κ2) is 10.7. The van der Waals surface area contributed by atoms with Gasteiger partial charge in [-0.05, 0) is 48.0 Å². The van der Waals surface area contributed by atoms with Gasteiger partial charge < -0.3 is 20.3 Å². The van der Waals surface area contributed by atoms with Crippen LogP contribution < -0.4 is 10.6 Å². The number of nitrogens with one attached hydrogen (secondary N) is 2. The van der Waals surface area contributed by atoms with Gasteiger partial charge in [-0.15, -0.1) is 0 Å². The molecule has 9 heteroatoms. The van der Waals surface area contributed by atoms with E-state index in [1.54, 1.807) is 66.2 Å². The molecule has 0 saturated heterocycles. The quantitative estimate of drug-likeness (QED) is 0.421. The molecule has 0 fully saturated rings. The van der Waals surface area contributed by atoms with Gasteiger partial charge in [0, 0.05) is 35.0 Å².